The normalized spacial score (nSPS) is 9.08. The minimum absolute atomic E-state index is 0.829. The molecule has 0 aliphatic carbocycles. The molecule has 0 bridgehead atoms. The van der Waals surface area contributed by atoms with Gasteiger partial charge in [-0.25, -0.2) is 0 Å². The Hall–Kier alpha value is -0.233. The Kier molecular flexibility index (Phi) is 6.18. The summed E-state index contributed by atoms with van der Waals surface area (Å²) < 4.78 is 9.99. The zero-order valence-electron chi connectivity index (χ0n) is 6.69. The predicted octanol–water partition coefficient (Wildman–Crippen LogP) is -0.577. The molecule has 0 amide bonds. The van der Waals surface area contributed by atoms with Crippen molar-refractivity contribution in [1.29, 1.82) is 0 Å². The van der Waals surface area contributed by atoms with Crippen molar-refractivity contribution in [3.63, 3.8) is 0 Å². The molecule has 4 N–H and O–H groups in total. The molecule has 12 heavy (non-hydrogen) atoms. The third kappa shape index (κ3) is 7.87. The molecular formula is C6H9LiNO3P. The second kappa shape index (κ2) is 6.30. The SMILES string of the molecule is O=[PH](O)O.[Li][c]1ccc(N)cc1. The molecule has 0 fully saturated rings. The molecule has 6 heteroatoms. The van der Waals surface area contributed by atoms with Gasteiger partial charge in [0, 0.05) is 0 Å². The second-order valence-electron chi connectivity index (χ2n) is 2.19. The van der Waals surface area contributed by atoms with Gasteiger partial charge >= 0.3 is 65.9 Å². The Morgan fingerprint density at radius 3 is 1.83 bits per heavy atom. The number of nitrogen functional groups attached to an aromatic ring is 1. The summed E-state index contributed by atoms with van der Waals surface area (Å²) in [5, 5.41) is 0. The van der Waals surface area contributed by atoms with Gasteiger partial charge in [0.1, 0.15) is 0 Å². The van der Waals surface area contributed by atoms with E-state index >= 15 is 0 Å². The molecule has 0 spiro atoms. The van der Waals surface area contributed by atoms with Gasteiger partial charge in [0.15, 0.2) is 0 Å². The number of nitrogens with two attached hydrogens (primary N) is 1. The summed E-state index contributed by atoms with van der Waals surface area (Å²) in [6, 6.07) is 7.79. The minimum atomic E-state index is -3.13. The van der Waals surface area contributed by atoms with Crippen molar-refractivity contribution >= 4 is 35.9 Å². The Labute approximate surface area is 80.6 Å². The zero-order chi connectivity index (χ0) is 9.56. The molecule has 0 heterocycles. The van der Waals surface area contributed by atoms with Gasteiger partial charge in [-0.15, -0.1) is 0 Å². The van der Waals surface area contributed by atoms with Crippen LogP contribution in [0.5, 0.6) is 0 Å². The maximum atomic E-state index is 8.74. The molecule has 0 radical (unpaired) electrons. The molecule has 4 nitrogen and oxygen atoms in total. The van der Waals surface area contributed by atoms with Gasteiger partial charge < -0.3 is 9.79 Å². The van der Waals surface area contributed by atoms with Gasteiger partial charge in [-0.05, 0) is 0 Å². The number of hydrogen-bond acceptors (Lipinski definition) is 2. The first kappa shape index (κ1) is 11.8. The third-order valence-corrected chi connectivity index (χ3v) is 1.08. The van der Waals surface area contributed by atoms with Crippen molar-refractivity contribution < 1.29 is 14.4 Å². The molecule has 0 saturated carbocycles. The average Bonchev–Trinajstić information content (AvgIpc) is 1.94. The summed E-state index contributed by atoms with van der Waals surface area (Å²) >= 11 is 2.04. The number of anilines is 1. The fraction of sp³-hybridized carbons (Fsp3) is 0. The van der Waals surface area contributed by atoms with Crippen molar-refractivity contribution in [1.82, 2.24) is 0 Å². The first-order chi connectivity index (χ1) is 5.52. The summed E-state index contributed by atoms with van der Waals surface area (Å²) in [6.45, 7) is 0. The first-order valence-corrected chi connectivity index (χ1v) is 4.56. The van der Waals surface area contributed by atoms with Crippen LogP contribution < -0.4 is 9.97 Å². The molecular weight excluding hydrogens is 172 g/mol. The summed E-state index contributed by atoms with van der Waals surface area (Å²) in [4.78, 5) is 14.3. The fourth-order valence-electron chi connectivity index (χ4n) is 0.566. The monoisotopic (exact) mass is 181 g/mol. The van der Waals surface area contributed by atoms with Crippen molar-refractivity contribution in [2.24, 2.45) is 0 Å². The van der Waals surface area contributed by atoms with Crippen molar-refractivity contribution in [2.75, 3.05) is 5.73 Å². The Morgan fingerprint density at radius 2 is 1.58 bits per heavy atom. The van der Waals surface area contributed by atoms with E-state index in [0.29, 0.717) is 0 Å². The van der Waals surface area contributed by atoms with Crippen molar-refractivity contribution in [2.45, 2.75) is 0 Å². The van der Waals surface area contributed by atoms with E-state index in [1.165, 1.54) is 4.24 Å². The van der Waals surface area contributed by atoms with E-state index in [1.54, 1.807) is 0 Å². The molecule has 62 valence electrons. The van der Waals surface area contributed by atoms with Crippen LogP contribution in [0.1, 0.15) is 0 Å². The fourth-order valence-corrected chi connectivity index (χ4v) is 0.566. The van der Waals surface area contributed by atoms with E-state index < -0.39 is 8.25 Å². The number of benzene rings is 1. The van der Waals surface area contributed by atoms with E-state index in [1.807, 2.05) is 42.0 Å². The Balaban J connectivity index is 0.000000261. The predicted molar refractivity (Wildman–Crippen MR) is 49.7 cm³/mol. The number of hydrogen-bond donors (Lipinski definition) is 3. The van der Waals surface area contributed by atoms with E-state index in [-0.39, 0.29) is 0 Å². The third-order valence-electron chi connectivity index (χ3n) is 1.08. The van der Waals surface area contributed by atoms with Crippen LogP contribution in [0.15, 0.2) is 24.3 Å². The van der Waals surface area contributed by atoms with E-state index in [0.717, 1.165) is 5.69 Å². The van der Waals surface area contributed by atoms with Crippen LogP contribution in [-0.4, -0.2) is 27.5 Å². The van der Waals surface area contributed by atoms with Crippen molar-refractivity contribution in [3.05, 3.63) is 24.3 Å². The summed E-state index contributed by atoms with van der Waals surface area (Å²) in [7, 11) is -3.13. The van der Waals surface area contributed by atoms with Crippen LogP contribution in [0.3, 0.4) is 0 Å². The molecule has 0 aliphatic heterocycles. The van der Waals surface area contributed by atoms with Gasteiger partial charge in [0.25, 0.3) is 0 Å². The molecule has 0 aromatic heterocycles. The Bertz CT molecular complexity index is 226. The molecule has 0 unspecified atom stereocenters. The standard InChI is InChI=1S/C6H6N.Li.H3O3P/c7-6-4-2-1-3-5-6;;1-4(2)3/h2-5H,7H2;;4H,(H2,1,2,3). The van der Waals surface area contributed by atoms with E-state index in [2.05, 4.69) is 0 Å². The van der Waals surface area contributed by atoms with Gasteiger partial charge in [-0.3, -0.25) is 4.57 Å². The summed E-state index contributed by atoms with van der Waals surface area (Å²) in [5.41, 5.74) is 6.26. The molecule has 1 rings (SSSR count). The second-order valence-corrected chi connectivity index (χ2v) is 2.76. The van der Waals surface area contributed by atoms with Crippen LogP contribution in [-0.2, 0) is 4.57 Å². The topological polar surface area (TPSA) is 83.5 Å². The van der Waals surface area contributed by atoms with Crippen LogP contribution in [0, 0.1) is 0 Å². The van der Waals surface area contributed by atoms with Gasteiger partial charge in [-0.1, -0.05) is 0 Å². The summed E-state index contributed by atoms with van der Waals surface area (Å²) in [5.74, 6) is 0. The molecule has 0 aliphatic rings. The molecule has 0 saturated heterocycles. The van der Waals surface area contributed by atoms with Crippen molar-refractivity contribution in [3.8, 4) is 0 Å². The van der Waals surface area contributed by atoms with E-state index in [4.69, 9.17) is 20.1 Å². The zero-order valence-corrected chi connectivity index (χ0v) is 7.69. The maximum absolute atomic E-state index is 8.74. The van der Waals surface area contributed by atoms with Crippen LogP contribution in [0.2, 0.25) is 0 Å². The molecule has 1 aromatic rings. The van der Waals surface area contributed by atoms with Gasteiger partial charge in [-0.2, -0.15) is 0 Å². The molecule has 1 aromatic carbocycles. The quantitative estimate of drug-likeness (QED) is 0.284. The van der Waals surface area contributed by atoms with Gasteiger partial charge in [0.2, 0.25) is 0 Å². The Morgan fingerprint density at radius 1 is 1.25 bits per heavy atom. The molecule has 0 atom stereocenters. The first-order valence-electron chi connectivity index (χ1n) is 3.26. The summed E-state index contributed by atoms with van der Waals surface area (Å²) in [6.07, 6.45) is 0. The average molecular weight is 181 g/mol. The van der Waals surface area contributed by atoms with E-state index in [9.17, 15) is 0 Å². The van der Waals surface area contributed by atoms with Crippen LogP contribution in [0.25, 0.3) is 0 Å². The van der Waals surface area contributed by atoms with Crippen LogP contribution in [0.4, 0.5) is 5.69 Å². The van der Waals surface area contributed by atoms with Crippen LogP contribution >= 0.6 is 8.25 Å². The van der Waals surface area contributed by atoms with Gasteiger partial charge in [0.05, 0.1) is 0 Å². The number of rotatable bonds is 0.